The first-order valence-electron chi connectivity index (χ1n) is 8.30. The quantitative estimate of drug-likeness (QED) is 0.831. The molecule has 2 fully saturated rings. The number of rotatable bonds is 5. The lowest BCUT2D eigenvalue weighted by Crippen LogP contribution is -2.51. The molecule has 25 heavy (non-hydrogen) atoms. The largest absolute Gasteiger partial charge is 0.478 e. The van der Waals surface area contributed by atoms with Crippen LogP contribution >= 0.6 is 11.3 Å². The summed E-state index contributed by atoms with van der Waals surface area (Å²) < 4.78 is 26.6. The van der Waals surface area contributed by atoms with Crippen LogP contribution in [0, 0.1) is 11.3 Å². The molecule has 1 saturated heterocycles. The van der Waals surface area contributed by atoms with E-state index in [9.17, 15) is 18.0 Å². The number of piperazine rings is 1. The zero-order valence-corrected chi connectivity index (χ0v) is 15.9. The fourth-order valence-corrected chi connectivity index (χ4v) is 5.97. The molecule has 7 nitrogen and oxygen atoms in total. The van der Waals surface area contributed by atoms with Crippen molar-refractivity contribution in [1.82, 2.24) is 9.21 Å². The first-order valence-corrected chi connectivity index (χ1v) is 10.6. The third-order valence-electron chi connectivity index (χ3n) is 5.42. The molecule has 2 atom stereocenters. The minimum Gasteiger partial charge on any atom is -0.478 e. The Morgan fingerprint density at radius 2 is 1.96 bits per heavy atom. The summed E-state index contributed by atoms with van der Waals surface area (Å²) in [5, 5.41) is 10.3. The van der Waals surface area contributed by atoms with Gasteiger partial charge >= 0.3 is 5.97 Å². The maximum Gasteiger partial charge on any atom is 0.336 e. The minimum absolute atomic E-state index is 0.0232. The van der Waals surface area contributed by atoms with E-state index in [0.717, 1.165) is 24.2 Å². The zero-order chi connectivity index (χ0) is 18.4. The van der Waals surface area contributed by atoms with E-state index in [0.29, 0.717) is 13.1 Å². The highest BCUT2D eigenvalue weighted by Crippen LogP contribution is 2.55. The van der Waals surface area contributed by atoms with Crippen molar-refractivity contribution in [3.05, 3.63) is 17.0 Å². The number of carbonyl (C=O) groups is 2. The van der Waals surface area contributed by atoms with Gasteiger partial charge in [-0.3, -0.25) is 4.79 Å². The van der Waals surface area contributed by atoms with Crippen molar-refractivity contribution >= 4 is 33.2 Å². The van der Waals surface area contributed by atoms with Crippen molar-refractivity contribution in [2.45, 2.75) is 30.9 Å². The number of aromatic carboxylic acids is 1. The van der Waals surface area contributed by atoms with E-state index in [1.54, 1.807) is 4.90 Å². The molecule has 2 unspecified atom stereocenters. The molecule has 1 saturated carbocycles. The number of thiophene rings is 1. The Labute approximate surface area is 151 Å². The van der Waals surface area contributed by atoms with Gasteiger partial charge in [0.1, 0.15) is 4.21 Å². The van der Waals surface area contributed by atoms with Gasteiger partial charge in [-0.05, 0) is 24.3 Å². The monoisotopic (exact) mass is 386 g/mol. The first-order chi connectivity index (χ1) is 11.7. The van der Waals surface area contributed by atoms with Gasteiger partial charge in [0.15, 0.2) is 0 Å². The van der Waals surface area contributed by atoms with Gasteiger partial charge in [-0.2, -0.15) is 4.31 Å². The van der Waals surface area contributed by atoms with Gasteiger partial charge < -0.3 is 10.0 Å². The van der Waals surface area contributed by atoms with Crippen LogP contribution in [0.15, 0.2) is 15.7 Å². The van der Waals surface area contributed by atoms with Crippen molar-refractivity contribution in [1.29, 1.82) is 0 Å². The number of sulfonamides is 1. The summed E-state index contributed by atoms with van der Waals surface area (Å²) in [6.07, 6.45) is 1.88. The van der Waals surface area contributed by atoms with Crippen LogP contribution in [0.25, 0.3) is 0 Å². The lowest BCUT2D eigenvalue weighted by molar-refractivity contribution is -0.134. The standard InChI is InChI=1S/C16H22N2O5S2/c1-3-16(2)9-12(16)14(19)17-4-6-18(7-5-17)25(22,23)13-8-11(10-24-13)15(20)21/h8,10,12H,3-7,9H2,1-2H3,(H,20,21). The van der Waals surface area contributed by atoms with Gasteiger partial charge in [-0.1, -0.05) is 13.8 Å². The second kappa shape index (κ2) is 6.37. The van der Waals surface area contributed by atoms with E-state index in [4.69, 9.17) is 5.11 Å². The average Bonchev–Trinajstić information content (AvgIpc) is 3.04. The summed E-state index contributed by atoms with van der Waals surface area (Å²) in [5.74, 6) is -0.946. The van der Waals surface area contributed by atoms with Crippen molar-refractivity contribution in [3.8, 4) is 0 Å². The van der Waals surface area contributed by atoms with Crippen LogP contribution in [0.2, 0.25) is 0 Å². The van der Waals surface area contributed by atoms with E-state index < -0.39 is 16.0 Å². The van der Waals surface area contributed by atoms with Gasteiger partial charge in [0.25, 0.3) is 10.0 Å². The molecular formula is C16H22N2O5S2. The summed E-state index contributed by atoms with van der Waals surface area (Å²) in [7, 11) is -3.71. The van der Waals surface area contributed by atoms with Crippen LogP contribution in [0.3, 0.4) is 0 Å². The third-order valence-corrected chi connectivity index (χ3v) is 8.74. The molecule has 0 bridgehead atoms. The van der Waals surface area contributed by atoms with Crippen LogP contribution in [0.4, 0.5) is 0 Å². The normalized spacial score (nSPS) is 27.3. The number of carboxylic acid groups (broad SMARTS) is 1. The van der Waals surface area contributed by atoms with Crippen LogP contribution in [0.5, 0.6) is 0 Å². The molecule has 0 radical (unpaired) electrons. The van der Waals surface area contributed by atoms with E-state index in [-0.39, 0.29) is 40.1 Å². The Kier molecular flexibility index (Phi) is 4.67. The predicted molar refractivity (Wildman–Crippen MR) is 93.1 cm³/mol. The lowest BCUT2D eigenvalue weighted by atomic mass is 10.0. The topological polar surface area (TPSA) is 95.0 Å². The Morgan fingerprint density at radius 3 is 2.44 bits per heavy atom. The number of carbonyl (C=O) groups excluding carboxylic acids is 1. The number of carboxylic acids is 1. The van der Waals surface area contributed by atoms with Crippen molar-refractivity contribution < 1.29 is 23.1 Å². The SMILES string of the molecule is CCC1(C)CC1C(=O)N1CCN(S(=O)(=O)c2cc(C(=O)O)cs2)CC1. The summed E-state index contributed by atoms with van der Waals surface area (Å²) in [4.78, 5) is 25.2. The molecule has 0 aromatic carbocycles. The van der Waals surface area contributed by atoms with Crippen LogP contribution in [-0.2, 0) is 14.8 Å². The maximum atomic E-state index is 12.6. The molecule has 3 rings (SSSR count). The third kappa shape index (κ3) is 3.32. The highest BCUT2D eigenvalue weighted by atomic mass is 32.2. The van der Waals surface area contributed by atoms with E-state index in [1.165, 1.54) is 15.8 Å². The molecule has 9 heteroatoms. The van der Waals surface area contributed by atoms with Gasteiger partial charge in [0.2, 0.25) is 5.91 Å². The Hall–Kier alpha value is -1.45. The van der Waals surface area contributed by atoms with Gasteiger partial charge in [0, 0.05) is 37.5 Å². The molecule has 138 valence electrons. The average molecular weight is 386 g/mol. The van der Waals surface area contributed by atoms with E-state index >= 15 is 0 Å². The molecule has 1 aromatic heterocycles. The van der Waals surface area contributed by atoms with Crippen molar-refractivity contribution in [2.75, 3.05) is 26.2 Å². The number of hydrogen-bond donors (Lipinski definition) is 1. The fraction of sp³-hybridized carbons (Fsp3) is 0.625. The highest BCUT2D eigenvalue weighted by molar-refractivity contribution is 7.91. The molecule has 2 aliphatic rings. The Balaban J connectivity index is 1.63. The molecule has 1 aliphatic carbocycles. The van der Waals surface area contributed by atoms with Gasteiger partial charge in [-0.15, -0.1) is 11.3 Å². The molecule has 1 N–H and O–H groups in total. The van der Waals surface area contributed by atoms with Crippen LogP contribution in [-0.4, -0.2) is 60.8 Å². The van der Waals surface area contributed by atoms with Crippen LogP contribution < -0.4 is 0 Å². The van der Waals surface area contributed by atoms with E-state index in [1.807, 2.05) is 0 Å². The predicted octanol–water partition coefficient (Wildman–Crippen LogP) is 1.72. The number of nitrogens with zero attached hydrogens (tertiary/aromatic N) is 2. The molecule has 1 aliphatic heterocycles. The summed E-state index contributed by atoms with van der Waals surface area (Å²) in [6.45, 7) is 5.45. The van der Waals surface area contributed by atoms with Gasteiger partial charge in [0.05, 0.1) is 5.56 Å². The summed E-state index contributed by atoms with van der Waals surface area (Å²) in [6, 6.07) is 1.19. The minimum atomic E-state index is -3.71. The lowest BCUT2D eigenvalue weighted by Gasteiger charge is -2.34. The molecule has 2 heterocycles. The first kappa shape index (κ1) is 18.3. The summed E-state index contributed by atoms with van der Waals surface area (Å²) in [5.41, 5.74) is 0.0785. The molecular weight excluding hydrogens is 364 g/mol. The highest BCUT2D eigenvalue weighted by Gasteiger charge is 2.54. The second-order valence-corrected chi connectivity index (χ2v) is 10.0. The summed E-state index contributed by atoms with van der Waals surface area (Å²) >= 11 is 0.912. The second-order valence-electron chi connectivity index (χ2n) is 6.95. The molecule has 1 amide bonds. The van der Waals surface area contributed by atoms with Crippen LogP contribution in [0.1, 0.15) is 37.0 Å². The maximum absolute atomic E-state index is 12.6. The zero-order valence-electron chi connectivity index (χ0n) is 14.3. The Bertz CT molecular complexity index is 795. The number of amides is 1. The van der Waals surface area contributed by atoms with Crippen molar-refractivity contribution in [3.63, 3.8) is 0 Å². The molecule has 1 aromatic rings. The van der Waals surface area contributed by atoms with E-state index in [2.05, 4.69) is 13.8 Å². The molecule has 0 spiro atoms. The Morgan fingerprint density at radius 1 is 1.32 bits per heavy atom. The smallest absolute Gasteiger partial charge is 0.336 e. The van der Waals surface area contributed by atoms with Crippen molar-refractivity contribution in [2.24, 2.45) is 11.3 Å². The van der Waals surface area contributed by atoms with Gasteiger partial charge in [-0.25, -0.2) is 13.2 Å². The number of hydrogen-bond acceptors (Lipinski definition) is 5. The fourth-order valence-electron chi connectivity index (χ4n) is 3.24.